The standard InChI is InChI=1S/C10H17NO4/c1-14-6-7-15-5-4-11-3-2-9(12)8-10(11)13/h2-8H2,1H3. The smallest absolute Gasteiger partial charge is 0.230 e. The van der Waals surface area contributed by atoms with Crippen LogP contribution in [0.5, 0.6) is 0 Å². The maximum absolute atomic E-state index is 11.3. The van der Waals surface area contributed by atoms with Crippen LogP contribution in [0, 0.1) is 0 Å². The highest BCUT2D eigenvalue weighted by Crippen LogP contribution is 2.06. The van der Waals surface area contributed by atoms with Gasteiger partial charge in [0.15, 0.2) is 0 Å². The summed E-state index contributed by atoms with van der Waals surface area (Å²) >= 11 is 0. The summed E-state index contributed by atoms with van der Waals surface area (Å²) in [5, 5.41) is 0. The van der Waals surface area contributed by atoms with E-state index in [1.165, 1.54) is 0 Å². The third-order valence-corrected chi connectivity index (χ3v) is 2.30. The van der Waals surface area contributed by atoms with E-state index in [1.807, 2.05) is 0 Å². The Morgan fingerprint density at radius 1 is 1.27 bits per heavy atom. The van der Waals surface area contributed by atoms with Gasteiger partial charge in [0.1, 0.15) is 5.78 Å². The minimum Gasteiger partial charge on any atom is -0.382 e. The molecule has 1 saturated heterocycles. The molecule has 0 aliphatic carbocycles. The molecule has 0 unspecified atom stereocenters. The summed E-state index contributed by atoms with van der Waals surface area (Å²) in [5.74, 6) is -0.0434. The Labute approximate surface area is 89.3 Å². The lowest BCUT2D eigenvalue weighted by atomic mass is 10.1. The SMILES string of the molecule is COCCOCCN1CCC(=O)CC1=O. The predicted molar refractivity (Wildman–Crippen MR) is 53.5 cm³/mol. The van der Waals surface area contributed by atoms with Gasteiger partial charge in [-0.3, -0.25) is 9.59 Å². The molecule has 5 heteroatoms. The molecule has 86 valence electrons. The van der Waals surface area contributed by atoms with Gasteiger partial charge in [0, 0.05) is 26.6 Å². The summed E-state index contributed by atoms with van der Waals surface area (Å²) in [6.45, 7) is 2.70. The second-order valence-electron chi connectivity index (χ2n) is 3.45. The average Bonchev–Trinajstić information content (AvgIpc) is 2.20. The number of hydrogen-bond donors (Lipinski definition) is 0. The Bertz CT molecular complexity index is 229. The van der Waals surface area contributed by atoms with Gasteiger partial charge < -0.3 is 14.4 Å². The molecule has 1 fully saturated rings. The van der Waals surface area contributed by atoms with Crippen molar-refractivity contribution in [2.24, 2.45) is 0 Å². The highest BCUT2D eigenvalue weighted by atomic mass is 16.5. The molecule has 15 heavy (non-hydrogen) atoms. The molecular formula is C10H17NO4. The molecule has 1 heterocycles. The molecule has 0 spiro atoms. The van der Waals surface area contributed by atoms with Crippen molar-refractivity contribution in [2.75, 3.05) is 40.0 Å². The molecule has 5 nitrogen and oxygen atoms in total. The van der Waals surface area contributed by atoms with Crippen LogP contribution in [0.1, 0.15) is 12.8 Å². The lowest BCUT2D eigenvalue weighted by molar-refractivity contribution is -0.140. The van der Waals surface area contributed by atoms with Crippen molar-refractivity contribution in [3.8, 4) is 0 Å². The fourth-order valence-corrected chi connectivity index (χ4v) is 1.41. The highest BCUT2D eigenvalue weighted by molar-refractivity contribution is 6.00. The first-order chi connectivity index (χ1) is 7.24. The second kappa shape index (κ2) is 6.53. The van der Waals surface area contributed by atoms with Crippen LogP contribution in [0.25, 0.3) is 0 Å². The summed E-state index contributed by atoms with van der Waals surface area (Å²) in [4.78, 5) is 24.0. The number of carbonyl (C=O) groups excluding carboxylic acids is 2. The van der Waals surface area contributed by atoms with E-state index in [9.17, 15) is 9.59 Å². The molecule has 0 aromatic rings. The van der Waals surface area contributed by atoms with E-state index in [-0.39, 0.29) is 18.1 Å². The molecule has 0 aromatic heterocycles. The molecule has 0 N–H and O–H groups in total. The second-order valence-corrected chi connectivity index (χ2v) is 3.45. The maximum atomic E-state index is 11.3. The zero-order chi connectivity index (χ0) is 11.1. The molecule has 1 aliphatic rings. The largest absolute Gasteiger partial charge is 0.382 e. The van der Waals surface area contributed by atoms with E-state index in [4.69, 9.17) is 9.47 Å². The van der Waals surface area contributed by atoms with Crippen LogP contribution in [0.2, 0.25) is 0 Å². The number of nitrogens with zero attached hydrogens (tertiary/aromatic N) is 1. The summed E-state index contributed by atoms with van der Waals surface area (Å²) < 4.78 is 10.1. The molecule has 1 aliphatic heterocycles. The third-order valence-electron chi connectivity index (χ3n) is 2.30. The zero-order valence-electron chi connectivity index (χ0n) is 9.03. The normalized spacial score (nSPS) is 17.3. The molecule has 0 saturated carbocycles. The van der Waals surface area contributed by atoms with Crippen LogP contribution < -0.4 is 0 Å². The summed E-state index contributed by atoms with van der Waals surface area (Å²) in [5.41, 5.74) is 0. The van der Waals surface area contributed by atoms with E-state index in [1.54, 1.807) is 12.0 Å². The predicted octanol–water partition coefficient (Wildman–Crippen LogP) is -0.159. The lowest BCUT2D eigenvalue weighted by Gasteiger charge is -2.25. The van der Waals surface area contributed by atoms with Gasteiger partial charge in [0.25, 0.3) is 0 Å². The van der Waals surface area contributed by atoms with Crippen molar-refractivity contribution < 1.29 is 19.1 Å². The van der Waals surface area contributed by atoms with Gasteiger partial charge in [0.2, 0.25) is 5.91 Å². The number of amides is 1. The first-order valence-electron chi connectivity index (χ1n) is 5.10. The average molecular weight is 215 g/mol. The summed E-state index contributed by atoms with van der Waals surface area (Å²) in [6.07, 6.45) is 0.530. The van der Waals surface area contributed by atoms with E-state index in [2.05, 4.69) is 0 Å². The molecule has 0 atom stereocenters. The molecule has 1 rings (SSSR count). The first-order valence-corrected chi connectivity index (χ1v) is 5.10. The Morgan fingerprint density at radius 3 is 2.73 bits per heavy atom. The van der Waals surface area contributed by atoms with Crippen LogP contribution in [-0.4, -0.2) is 56.6 Å². The first kappa shape index (κ1) is 12.1. The molecule has 0 bridgehead atoms. The van der Waals surface area contributed by atoms with Crippen molar-refractivity contribution in [1.82, 2.24) is 4.90 Å². The van der Waals surface area contributed by atoms with Gasteiger partial charge >= 0.3 is 0 Å². The number of Topliss-reactive ketones (excluding diaryl/α,β-unsaturated/α-hetero) is 1. The van der Waals surface area contributed by atoms with Crippen LogP contribution in [0.15, 0.2) is 0 Å². The lowest BCUT2D eigenvalue weighted by Crippen LogP contribution is -2.40. The van der Waals surface area contributed by atoms with Crippen LogP contribution in [-0.2, 0) is 19.1 Å². The fourth-order valence-electron chi connectivity index (χ4n) is 1.41. The Balaban J connectivity index is 2.10. The van der Waals surface area contributed by atoms with Gasteiger partial charge in [-0.05, 0) is 0 Å². The van der Waals surface area contributed by atoms with Gasteiger partial charge in [-0.15, -0.1) is 0 Å². The van der Waals surface area contributed by atoms with Crippen LogP contribution in [0.4, 0.5) is 0 Å². The number of piperidine rings is 1. The highest BCUT2D eigenvalue weighted by Gasteiger charge is 2.22. The van der Waals surface area contributed by atoms with E-state index in [0.29, 0.717) is 39.3 Å². The minimum atomic E-state index is -0.0819. The Hall–Kier alpha value is -0.940. The van der Waals surface area contributed by atoms with Crippen molar-refractivity contribution in [2.45, 2.75) is 12.8 Å². The zero-order valence-corrected chi connectivity index (χ0v) is 9.03. The molecular weight excluding hydrogens is 198 g/mol. The molecule has 0 aromatic carbocycles. The van der Waals surface area contributed by atoms with Gasteiger partial charge in [-0.1, -0.05) is 0 Å². The number of hydrogen-bond acceptors (Lipinski definition) is 4. The van der Waals surface area contributed by atoms with Crippen molar-refractivity contribution in [1.29, 1.82) is 0 Å². The van der Waals surface area contributed by atoms with E-state index < -0.39 is 0 Å². The van der Waals surface area contributed by atoms with Crippen molar-refractivity contribution in [3.05, 3.63) is 0 Å². The maximum Gasteiger partial charge on any atom is 0.230 e. The number of rotatable bonds is 6. The summed E-state index contributed by atoms with van der Waals surface area (Å²) in [7, 11) is 1.61. The van der Waals surface area contributed by atoms with E-state index in [0.717, 1.165) is 0 Å². The van der Waals surface area contributed by atoms with Crippen molar-refractivity contribution in [3.63, 3.8) is 0 Å². The van der Waals surface area contributed by atoms with Gasteiger partial charge in [-0.2, -0.15) is 0 Å². The van der Waals surface area contributed by atoms with Crippen LogP contribution >= 0.6 is 0 Å². The fraction of sp³-hybridized carbons (Fsp3) is 0.800. The monoisotopic (exact) mass is 215 g/mol. The third kappa shape index (κ3) is 4.40. The topological polar surface area (TPSA) is 55.8 Å². The number of carbonyl (C=O) groups is 2. The number of ether oxygens (including phenoxy) is 2. The van der Waals surface area contributed by atoms with Gasteiger partial charge in [-0.25, -0.2) is 0 Å². The summed E-state index contributed by atoms with van der Waals surface area (Å²) in [6, 6.07) is 0. The molecule has 0 radical (unpaired) electrons. The minimum absolute atomic E-state index is 0.0385. The van der Waals surface area contributed by atoms with Crippen molar-refractivity contribution >= 4 is 11.7 Å². The van der Waals surface area contributed by atoms with E-state index >= 15 is 0 Å². The number of likely N-dealkylation sites (tertiary alicyclic amines) is 1. The Kier molecular flexibility index (Phi) is 5.28. The quantitative estimate of drug-likeness (QED) is 0.456. The molecule has 1 amide bonds. The van der Waals surface area contributed by atoms with Gasteiger partial charge in [0.05, 0.1) is 26.2 Å². The van der Waals surface area contributed by atoms with Crippen LogP contribution in [0.3, 0.4) is 0 Å². The number of methoxy groups -OCH3 is 1. The number of ketones is 1. The Morgan fingerprint density at radius 2 is 2.07 bits per heavy atom.